The van der Waals surface area contributed by atoms with Gasteiger partial charge in [-0.25, -0.2) is 0 Å². The molecule has 106 valence electrons. The number of hydrogen-bond acceptors (Lipinski definition) is 4. The zero-order valence-electron chi connectivity index (χ0n) is 11.3. The number of fused-ring (bicyclic) bond motifs is 1. The summed E-state index contributed by atoms with van der Waals surface area (Å²) < 4.78 is 0.944. The smallest absolute Gasteiger partial charge is 0.112 e. The van der Waals surface area contributed by atoms with Gasteiger partial charge in [0.25, 0.3) is 0 Å². The van der Waals surface area contributed by atoms with Crippen LogP contribution in [0.1, 0.15) is 0 Å². The third-order valence-electron chi connectivity index (χ3n) is 2.97. The van der Waals surface area contributed by atoms with Gasteiger partial charge in [-0.15, -0.1) is 11.8 Å². The van der Waals surface area contributed by atoms with Crippen molar-refractivity contribution in [3.63, 3.8) is 0 Å². The highest BCUT2D eigenvalue weighted by atomic mass is 79.9. The highest BCUT2D eigenvalue weighted by Gasteiger charge is 2.03. The summed E-state index contributed by atoms with van der Waals surface area (Å²) >= 11 is 5.26. The lowest BCUT2D eigenvalue weighted by Crippen LogP contribution is -2.05. The average molecular weight is 360 g/mol. The van der Waals surface area contributed by atoms with Crippen LogP contribution in [-0.2, 0) is 0 Å². The SMILES string of the molecule is Brc1cnc2c(NCCSc3ccccc3)ccnc2c1. The zero-order valence-corrected chi connectivity index (χ0v) is 13.7. The summed E-state index contributed by atoms with van der Waals surface area (Å²) in [5.41, 5.74) is 2.83. The van der Waals surface area contributed by atoms with Crippen LogP contribution in [0.5, 0.6) is 0 Å². The molecule has 3 nitrogen and oxygen atoms in total. The Hall–Kier alpha value is -1.59. The normalized spacial score (nSPS) is 10.7. The maximum atomic E-state index is 4.44. The van der Waals surface area contributed by atoms with Crippen molar-refractivity contribution in [1.29, 1.82) is 0 Å². The van der Waals surface area contributed by atoms with E-state index in [0.717, 1.165) is 33.5 Å². The van der Waals surface area contributed by atoms with E-state index in [0.29, 0.717) is 0 Å². The Kier molecular flexibility index (Phi) is 4.72. The maximum absolute atomic E-state index is 4.44. The van der Waals surface area contributed by atoms with Crippen molar-refractivity contribution >= 4 is 44.4 Å². The molecule has 0 aliphatic rings. The number of halogens is 1. The summed E-state index contributed by atoms with van der Waals surface area (Å²) in [6.45, 7) is 0.885. The Balaban J connectivity index is 1.63. The highest BCUT2D eigenvalue weighted by Crippen LogP contribution is 2.22. The maximum Gasteiger partial charge on any atom is 0.112 e. The minimum atomic E-state index is 0.885. The van der Waals surface area contributed by atoms with Gasteiger partial charge in [-0.1, -0.05) is 18.2 Å². The zero-order chi connectivity index (χ0) is 14.5. The highest BCUT2D eigenvalue weighted by molar-refractivity contribution is 9.10. The van der Waals surface area contributed by atoms with E-state index in [1.807, 2.05) is 36.2 Å². The second kappa shape index (κ2) is 6.91. The summed E-state index contributed by atoms with van der Waals surface area (Å²) in [4.78, 5) is 10.1. The van der Waals surface area contributed by atoms with Crippen LogP contribution in [0, 0.1) is 0 Å². The van der Waals surface area contributed by atoms with Gasteiger partial charge in [-0.3, -0.25) is 9.97 Å². The van der Waals surface area contributed by atoms with Crippen molar-refractivity contribution in [2.45, 2.75) is 4.90 Å². The third-order valence-corrected chi connectivity index (χ3v) is 4.42. The van der Waals surface area contributed by atoms with Crippen LogP contribution in [0.15, 0.2) is 64.2 Å². The first-order valence-corrected chi connectivity index (χ1v) is 8.43. The van der Waals surface area contributed by atoms with E-state index in [1.54, 1.807) is 6.20 Å². The summed E-state index contributed by atoms with van der Waals surface area (Å²) in [5.74, 6) is 1.00. The van der Waals surface area contributed by atoms with Crippen molar-refractivity contribution in [3.05, 3.63) is 59.3 Å². The lowest BCUT2D eigenvalue weighted by Gasteiger charge is -2.08. The molecule has 21 heavy (non-hydrogen) atoms. The molecule has 0 aliphatic heterocycles. The predicted molar refractivity (Wildman–Crippen MR) is 92.9 cm³/mol. The lowest BCUT2D eigenvalue weighted by atomic mass is 10.3. The largest absolute Gasteiger partial charge is 0.382 e. The first-order chi connectivity index (χ1) is 10.3. The number of benzene rings is 1. The number of hydrogen-bond donors (Lipinski definition) is 1. The van der Waals surface area contributed by atoms with E-state index >= 15 is 0 Å². The van der Waals surface area contributed by atoms with Crippen LogP contribution in [0.25, 0.3) is 11.0 Å². The van der Waals surface area contributed by atoms with Crippen LogP contribution in [0.3, 0.4) is 0 Å². The molecule has 0 bridgehead atoms. The monoisotopic (exact) mass is 359 g/mol. The number of thioether (sulfide) groups is 1. The number of nitrogens with zero attached hydrogens (tertiary/aromatic N) is 2. The van der Waals surface area contributed by atoms with Crippen LogP contribution < -0.4 is 5.32 Å². The number of nitrogens with one attached hydrogen (secondary N) is 1. The first-order valence-electron chi connectivity index (χ1n) is 6.65. The molecule has 3 rings (SSSR count). The lowest BCUT2D eigenvalue weighted by molar-refractivity contribution is 1.21. The minimum absolute atomic E-state index is 0.885. The summed E-state index contributed by atoms with van der Waals surface area (Å²) in [7, 11) is 0. The Morgan fingerprint density at radius 3 is 2.81 bits per heavy atom. The Bertz CT molecular complexity index is 734. The molecule has 1 aromatic carbocycles. The van der Waals surface area contributed by atoms with Crippen LogP contribution >= 0.6 is 27.7 Å². The fraction of sp³-hybridized carbons (Fsp3) is 0.125. The van der Waals surface area contributed by atoms with Crippen molar-refractivity contribution in [1.82, 2.24) is 9.97 Å². The van der Waals surface area contributed by atoms with Gasteiger partial charge in [0, 0.05) is 34.1 Å². The van der Waals surface area contributed by atoms with Gasteiger partial charge < -0.3 is 5.32 Å². The van der Waals surface area contributed by atoms with E-state index in [2.05, 4.69) is 55.5 Å². The van der Waals surface area contributed by atoms with Crippen molar-refractivity contribution < 1.29 is 0 Å². The second-order valence-electron chi connectivity index (χ2n) is 4.47. The molecule has 0 aliphatic carbocycles. The van der Waals surface area contributed by atoms with Crippen LogP contribution in [0.4, 0.5) is 5.69 Å². The molecular formula is C16H14BrN3S. The van der Waals surface area contributed by atoms with E-state index in [4.69, 9.17) is 0 Å². The van der Waals surface area contributed by atoms with Gasteiger partial charge >= 0.3 is 0 Å². The summed E-state index contributed by atoms with van der Waals surface area (Å²) in [6, 6.07) is 14.4. The number of aromatic nitrogens is 2. The summed E-state index contributed by atoms with van der Waals surface area (Å²) in [6.07, 6.45) is 3.61. The number of anilines is 1. The van der Waals surface area contributed by atoms with Gasteiger partial charge in [0.1, 0.15) is 5.52 Å². The molecule has 0 unspecified atom stereocenters. The van der Waals surface area contributed by atoms with E-state index in [-0.39, 0.29) is 0 Å². The molecule has 5 heteroatoms. The molecule has 1 N–H and O–H groups in total. The van der Waals surface area contributed by atoms with Gasteiger partial charge in [0.05, 0.1) is 11.2 Å². The van der Waals surface area contributed by atoms with E-state index in [1.165, 1.54) is 4.90 Å². The summed E-state index contributed by atoms with van der Waals surface area (Å²) in [5, 5.41) is 3.44. The van der Waals surface area contributed by atoms with Gasteiger partial charge in [-0.05, 0) is 40.2 Å². The molecule has 3 aromatic rings. The Labute approximate surface area is 136 Å². The fourth-order valence-corrected chi connectivity index (χ4v) is 3.13. The molecular weight excluding hydrogens is 346 g/mol. The molecule has 0 saturated carbocycles. The number of pyridine rings is 2. The molecule has 0 saturated heterocycles. The second-order valence-corrected chi connectivity index (χ2v) is 6.55. The molecule has 0 amide bonds. The molecule has 0 atom stereocenters. The van der Waals surface area contributed by atoms with Gasteiger partial charge in [-0.2, -0.15) is 0 Å². The molecule has 2 heterocycles. The van der Waals surface area contributed by atoms with E-state index < -0.39 is 0 Å². The van der Waals surface area contributed by atoms with Crippen LogP contribution in [0.2, 0.25) is 0 Å². The molecule has 2 aromatic heterocycles. The first kappa shape index (κ1) is 14.4. The standard InChI is InChI=1S/C16H14BrN3S/c17-12-10-15-16(20-11-12)14(6-7-18-15)19-8-9-21-13-4-2-1-3-5-13/h1-7,10-11H,8-9H2,(H,18,19). The van der Waals surface area contributed by atoms with Crippen molar-refractivity contribution in [2.24, 2.45) is 0 Å². The minimum Gasteiger partial charge on any atom is -0.382 e. The number of rotatable bonds is 5. The fourth-order valence-electron chi connectivity index (χ4n) is 2.02. The van der Waals surface area contributed by atoms with Crippen LogP contribution in [-0.4, -0.2) is 22.3 Å². The molecule has 0 fully saturated rings. The van der Waals surface area contributed by atoms with E-state index in [9.17, 15) is 0 Å². The average Bonchev–Trinajstić information content (AvgIpc) is 2.52. The molecule has 0 spiro atoms. The Morgan fingerprint density at radius 1 is 1.10 bits per heavy atom. The quantitative estimate of drug-likeness (QED) is 0.533. The van der Waals surface area contributed by atoms with Gasteiger partial charge in [0.2, 0.25) is 0 Å². The van der Waals surface area contributed by atoms with Crippen molar-refractivity contribution in [2.75, 3.05) is 17.6 Å². The molecule has 0 radical (unpaired) electrons. The predicted octanol–water partition coefficient (Wildman–Crippen LogP) is 4.60. The van der Waals surface area contributed by atoms with Crippen molar-refractivity contribution in [3.8, 4) is 0 Å². The Morgan fingerprint density at radius 2 is 1.95 bits per heavy atom. The van der Waals surface area contributed by atoms with Gasteiger partial charge in [0.15, 0.2) is 0 Å². The third kappa shape index (κ3) is 3.74. The topological polar surface area (TPSA) is 37.8 Å².